The molecular weight excluding hydrogens is 176 g/mol. The number of carbonyl (C=O) groups excluding carboxylic acids is 1. The molecule has 3 nitrogen and oxygen atoms in total. The van der Waals surface area contributed by atoms with Crippen molar-refractivity contribution in [2.24, 2.45) is 5.73 Å². The minimum Gasteiger partial charge on any atom is -0.324 e. The van der Waals surface area contributed by atoms with Crippen molar-refractivity contribution in [3.8, 4) is 0 Å². The summed E-state index contributed by atoms with van der Waals surface area (Å²) in [6, 6.07) is 5.67. The summed E-state index contributed by atoms with van der Waals surface area (Å²) in [7, 11) is 0. The summed E-state index contributed by atoms with van der Waals surface area (Å²) in [4.78, 5) is 11.4. The lowest BCUT2D eigenvalue weighted by Crippen LogP contribution is -2.34. The normalized spacial score (nSPS) is 21.0. The van der Waals surface area contributed by atoms with Gasteiger partial charge in [-0.15, -0.1) is 0 Å². The average Bonchev–Trinajstić information content (AvgIpc) is 2.29. The van der Waals surface area contributed by atoms with Crippen LogP contribution in [-0.2, 0) is 11.2 Å². The number of nitrogens with two attached hydrogens (primary N) is 1. The predicted octanol–water partition coefficient (Wildman–Crippen LogP) is 1.21. The first kappa shape index (κ1) is 9.21. The Morgan fingerprint density at radius 3 is 3.07 bits per heavy atom. The molecule has 1 aliphatic heterocycles. The molecule has 0 aliphatic carbocycles. The van der Waals surface area contributed by atoms with Crippen LogP contribution in [0.15, 0.2) is 18.2 Å². The summed E-state index contributed by atoms with van der Waals surface area (Å²) < 4.78 is 0. The SMILES string of the molecule is Cc1ccc2c(c1)CC[C@H](N)C(=O)N2. The van der Waals surface area contributed by atoms with Crippen molar-refractivity contribution in [3.05, 3.63) is 29.3 Å². The zero-order valence-corrected chi connectivity index (χ0v) is 8.21. The number of anilines is 1. The molecule has 0 saturated heterocycles. The van der Waals surface area contributed by atoms with Crippen LogP contribution in [0.25, 0.3) is 0 Å². The molecule has 74 valence electrons. The van der Waals surface area contributed by atoms with Gasteiger partial charge in [-0.05, 0) is 31.4 Å². The van der Waals surface area contributed by atoms with E-state index in [1.807, 2.05) is 19.1 Å². The maximum atomic E-state index is 11.4. The Kier molecular flexibility index (Phi) is 2.25. The highest BCUT2D eigenvalue weighted by molar-refractivity contribution is 5.96. The molecule has 0 spiro atoms. The van der Waals surface area contributed by atoms with Crippen LogP contribution >= 0.6 is 0 Å². The highest BCUT2D eigenvalue weighted by Gasteiger charge is 2.19. The number of nitrogens with one attached hydrogen (secondary N) is 1. The lowest BCUT2D eigenvalue weighted by molar-refractivity contribution is -0.117. The van der Waals surface area contributed by atoms with Gasteiger partial charge in [0.1, 0.15) is 0 Å². The lowest BCUT2D eigenvalue weighted by atomic mass is 10.0. The van der Waals surface area contributed by atoms with Crippen LogP contribution in [0.3, 0.4) is 0 Å². The van der Waals surface area contributed by atoms with Crippen LogP contribution in [0, 0.1) is 6.92 Å². The first-order valence-corrected chi connectivity index (χ1v) is 4.83. The Morgan fingerprint density at radius 2 is 2.29 bits per heavy atom. The van der Waals surface area contributed by atoms with Crippen LogP contribution in [0.2, 0.25) is 0 Å². The van der Waals surface area contributed by atoms with Crippen LogP contribution < -0.4 is 11.1 Å². The van der Waals surface area contributed by atoms with Gasteiger partial charge in [0, 0.05) is 5.69 Å². The van der Waals surface area contributed by atoms with Crippen molar-refractivity contribution < 1.29 is 4.79 Å². The van der Waals surface area contributed by atoms with E-state index < -0.39 is 0 Å². The Bertz CT molecular complexity index is 374. The van der Waals surface area contributed by atoms with Gasteiger partial charge < -0.3 is 11.1 Å². The van der Waals surface area contributed by atoms with E-state index in [1.165, 1.54) is 11.1 Å². The standard InChI is InChI=1S/C11H14N2O/c1-7-2-5-10-8(6-7)3-4-9(12)11(14)13-10/h2,5-6,9H,3-4,12H2,1H3,(H,13,14)/t9-/m0/s1. The van der Waals surface area contributed by atoms with E-state index in [4.69, 9.17) is 5.73 Å². The molecule has 1 aromatic carbocycles. The van der Waals surface area contributed by atoms with E-state index in [0.717, 1.165) is 18.5 Å². The lowest BCUT2D eigenvalue weighted by Gasteiger charge is -2.07. The Balaban J connectivity index is 2.37. The van der Waals surface area contributed by atoms with E-state index in [2.05, 4.69) is 11.4 Å². The molecule has 3 heteroatoms. The first-order valence-electron chi connectivity index (χ1n) is 4.83. The first-order chi connectivity index (χ1) is 6.66. The molecule has 0 bridgehead atoms. The summed E-state index contributed by atoms with van der Waals surface area (Å²) in [5.74, 6) is -0.0763. The van der Waals surface area contributed by atoms with Gasteiger partial charge in [-0.1, -0.05) is 17.7 Å². The fourth-order valence-electron chi connectivity index (χ4n) is 1.72. The zero-order valence-electron chi connectivity index (χ0n) is 8.21. The molecule has 0 aromatic heterocycles. The fourth-order valence-corrected chi connectivity index (χ4v) is 1.72. The number of aryl methyl sites for hydroxylation is 2. The Labute approximate surface area is 83.3 Å². The van der Waals surface area contributed by atoms with Crippen LogP contribution in [-0.4, -0.2) is 11.9 Å². The summed E-state index contributed by atoms with van der Waals surface area (Å²) in [6.45, 7) is 2.05. The van der Waals surface area contributed by atoms with Crippen molar-refractivity contribution in [2.45, 2.75) is 25.8 Å². The second-order valence-electron chi connectivity index (χ2n) is 3.80. The maximum Gasteiger partial charge on any atom is 0.241 e. The van der Waals surface area contributed by atoms with Gasteiger partial charge in [0.15, 0.2) is 0 Å². The number of rotatable bonds is 0. The van der Waals surface area contributed by atoms with E-state index in [1.54, 1.807) is 0 Å². The average molecular weight is 190 g/mol. The molecule has 1 amide bonds. The van der Waals surface area contributed by atoms with Crippen molar-refractivity contribution in [1.29, 1.82) is 0 Å². The number of fused-ring (bicyclic) bond motifs is 1. The number of hydrogen-bond donors (Lipinski definition) is 2. The predicted molar refractivity (Wildman–Crippen MR) is 56.1 cm³/mol. The molecular formula is C11H14N2O. The molecule has 2 rings (SSSR count). The number of hydrogen-bond acceptors (Lipinski definition) is 2. The molecule has 1 aliphatic rings. The third kappa shape index (κ3) is 1.63. The number of carbonyl (C=O) groups is 1. The van der Waals surface area contributed by atoms with Crippen molar-refractivity contribution in [1.82, 2.24) is 0 Å². The minimum atomic E-state index is -0.372. The second kappa shape index (κ2) is 3.42. The van der Waals surface area contributed by atoms with E-state index >= 15 is 0 Å². The smallest absolute Gasteiger partial charge is 0.241 e. The van der Waals surface area contributed by atoms with Gasteiger partial charge in [0.05, 0.1) is 6.04 Å². The van der Waals surface area contributed by atoms with Gasteiger partial charge in [0.25, 0.3) is 0 Å². The molecule has 1 aromatic rings. The Hall–Kier alpha value is -1.35. The minimum absolute atomic E-state index is 0.0763. The summed E-state index contributed by atoms with van der Waals surface area (Å²) in [6.07, 6.45) is 1.60. The summed E-state index contributed by atoms with van der Waals surface area (Å²) >= 11 is 0. The van der Waals surface area contributed by atoms with Gasteiger partial charge in [0.2, 0.25) is 5.91 Å². The molecule has 0 unspecified atom stereocenters. The van der Waals surface area contributed by atoms with Crippen molar-refractivity contribution >= 4 is 11.6 Å². The highest BCUT2D eigenvalue weighted by atomic mass is 16.2. The molecule has 0 fully saturated rings. The largest absolute Gasteiger partial charge is 0.324 e. The third-order valence-electron chi connectivity index (χ3n) is 2.58. The maximum absolute atomic E-state index is 11.4. The molecule has 1 heterocycles. The third-order valence-corrected chi connectivity index (χ3v) is 2.58. The summed E-state index contributed by atoms with van der Waals surface area (Å²) in [5.41, 5.74) is 9.00. The Morgan fingerprint density at radius 1 is 1.50 bits per heavy atom. The second-order valence-corrected chi connectivity index (χ2v) is 3.80. The van der Waals surface area contributed by atoms with Crippen molar-refractivity contribution in [2.75, 3.05) is 5.32 Å². The molecule has 0 radical (unpaired) electrons. The summed E-state index contributed by atoms with van der Waals surface area (Å²) in [5, 5.41) is 2.84. The molecule has 0 saturated carbocycles. The van der Waals surface area contributed by atoms with E-state index in [0.29, 0.717) is 0 Å². The molecule has 1 atom stereocenters. The van der Waals surface area contributed by atoms with Gasteiger partial charge in [-0.2, -0.15) is 0 Å². The topological polar surface area (TPSA) is 55.1 Å². The number of amides is 1. The fraction of sp³-hybridized carbons (Fsp3) is 0.364. The zero-order chi connectivity index (χ0) is 10.1. The van der Waals surface area contributed by atoms with Gasteiger partial charge in [-0.25, -0.2) is 0 Å². The molecule has 3 N–H and O–H groups in total. The van der Waals surface area contributed by atoms with Crippen LogP contribution in [0.1, 0.15) is 17.5 Å². The van der Waals surface area contributed by atoms with E-state index in [9.17, 15) is 4.79 Å². The van der Waals surface area contributed by atoms with Gasteiger partial charge >= 0.3 is 0 Å². The van der Waals surface area contributed by atoms with Crippen molar-refractivity contribution in [3.63, 3.8) is 0 Å². The highest BCUT2D eigenvalue weighted by Crippen LogP contribution is 2.22. The quantitative estimate of drug-likeness (QED) is 0.646. The monoisotopic (exact) mass is 190 g/mol. The van der Waals surface area contributed by atoms with Gasteiger partial charge in [-0.3, -0.25) is 4.79 Å². The van der Waals surface area contributed by atoms with E-state index in [-0.39, 0.29) is 11.9 Å². The van der Waals surface area contributed by atoms with Crippen LogP contribution in [0.5, 0.6) is 0 Å². The number of benzene rings is 1. The molecule has 14 heavy (non-hydrogen) atoms. The van der Waals surface area contributed by atoms with Crippen LogP contribution in [0.4, 0.5) is 5.69 Å².